The van der Waals surface area contributed by atoms with E-state index in [4.69, 9.17) is 11.6 Å². The molecule has 0 aliphatic heterocycles. The third-order valence-electron chi connectivity index (χ3n) is 1.25. The highest BCUT2D eigenvalue weighted by molar-refractivity contribution is 6.63. The minimum Gasteiger partial charge on any atom is -0.478 e. The fourth-order valence-corrected chi connectivity index (χ4v) is 0.804. The lowest BCUT2D eigenvalue weighted by Gasteiger charge is -2.04. The van der Waals surface area contributed by atoms with E-state index in [0.717, 1.165) is 12.1 Å². The molecule has 2 nitrogen and oxygen atoms in total. The van der Waals surface area contributed by atoms with Crippen LogP contribution in [-0.4, -0.2) is 11.8 Å². The van der Waals surface area contributed by atoms with Crippen molar-refractivity contribution in [2.24, 2.45) is 0 Å². The predicted octanol–water partition coefficient (Wildman–Crippen LogP) is 2.11. The largest absolute Gasteiger partial charge is 0.478 e. The van der Waals surface area contributed by atoms with Crippen LogP contribution in [0.5, 0.6) is 5.75 Å². The van der Waals surface area contributed by atoms with Crippen LogP contribution in [0.15, 0.2) is 18.2 Å². The Morgan fingerprint density at radius 3 is 2.38 bits per heavy atom. The second kappa shape index (κ2) is 4.18. The van der Waals surface area contributed by atoms with Gasteiger partial charge in [-0.15, -0.1) is 0 Å². The fourth-order valence-electron chi connectivity index (χ4n) is 0.749. The zero-order valence-electron chi connectivity index (χ0n) is 6.39. The molecule has 0 N–H and O–H groups in total. The Labute approximate surface area is 78.1 Å². The molecule has 0 saturated carbocycles. The Morgan fingerprint density at radius 2 is 1.92 bits per heavy atom. The summed E-state index contributed by atoms with van der Waals surface area (Å²) in [5.41, 5.74) is 0. The van der Waals surface area contributed by atoms with Crippen molar-refractivity contribution in [2.45, 2.75) is 0 Å². The number of ether oxygens (including phenoxy) is 1. The first-order valence-electron chi connectivity index (χ1n) is 3.36. The molecule has 1 aromatic carbocycles. The van der Waals surface area contributed by atoms with Gasteiger partial charge in [0.25, 0.3) is 5.24 Å². The first kappa shape index (κ1) is 9.92. The molecule has 70 valence electrons. The Balaban J connectivity index is 2.81. The van der Waals surface area contributed by atoms with E-state index in [1.54, 1.807) is 0 Å². The molecule has 0 unspecified atom stereocenters. The van der Waals surface area contributed by atoms with Crippen molar-refractivity contribution in [2.75, 3.05) is 6.61 Å². The van der Waals surface area contributed by atoms with Crippen molar-refractivity contribution in [1.82, 2.24) is 0 Å². The number of benzene rings is 1. The first-order valence-corrected chi connectivity index (χ1v) is 3.74. The molecular weight excluding hydrogens is 202 g/mol. The SMILES string of the molecule is O=C(Cl)COc1c(F)cccc1F. The molecule has 0 fully saturated rings. The normalized spacial score (nSPS) is 9.77. The van der Waals surface area contributed by atoms with Crippen LogP contribution in [0.2, 0.25) is 0 Å². The van der Waals surface area contributed by atoms with Crippen LogP contribution in [-0.2, 0) is 4.79 Å². The van der Waals surface area contributed by atoms with Crippen molar-refractivity contribution in [1.29, 1.82) is 0 Å². The highest BCUT2D eigenvalue weighted by atomic mass is 35.5. The Bertz CT molecular complexity index is 308. The Hall–Kier alpha value is -1.16. The molecule has 0 aromatic heterocycles. The smallest absolute Gasteiger partial charge is 0.259 e. The third kappa shape index (κ3) is 2.66. The quantitative estimate of drug-likeness (QED) is 0.708. The molecule has 0 atom stereocenters. The zero-order chi connectivity index (χ0) is 9.84. The molecule has 0 radical (unpaired) electrons. The number of hydrogen-bond acceptors (Lipinski definition) is 2. The van der Waals surface area contributed by atoms with E-state index < -0.39 is 29.2 Å². The van der Waals surface area contributed by atoms with Crippen molar-refractivity contribution >= 4 is 16.8 Å². The lowest BCUT2D eigenvalue weighted by molar-refractivity contribution is -0.113. The number of carbonyl (C=O) groups excluding carboxylic acids is 1. The summed E-state index contributed by atoms with van der Waals surface area (Å²) in [5.74, 6) is -2.31. The van der Waals surface area contributed by atoms with Crippen LogP contribution in [0, 0.1) is 11.6 Å². The molecule has 0 spiro atoms. The molecule has 0 amide bonds. The zero-order valence-corrected chi connectivity index (χ0v) is 7.15. The maximum atomic E-state index is 12.8. The van der Waals surface area contributed by atoms with Crippen LogP contribution in [0.4, 0.5) is 8.78 Å². The molecule has 0 aliphatic rings. The van der Waals surface area contributed by atoms with Gasteiger partial charge in [-0.25, -0.2) is 8.78 Å². The molecule has 0 bridgehead atoms. The van der Waals surface area contributed by atoms with Gasteiger partial charge in [-0.05, 0) is 23.7 Å². The number of carbonyl (C=O) groups is 1. The van der Waals surface area contributed by atoms with E-state index in [9.17, 15) is 13.6 Å². The van der Waals surface area contributed by atoms with Gasteiger partial charge in [0.1, 0.15) is 0 Å². The number of hydrogen-bond donors (Lipinski definition) is 0. The van der Waals surface area contributed by atoms with Gasteiger partial charge in [-0.3, -0.25) is 4.79 Å². The van der Waals surface area contributed by atoms with Gasteiger partial charge in [-0.2, -0.15) is 0 Å². The third-order valence-corrected chi connectivity index (χ3v) is 1.36. The summed E-state index contributed by atoms with van der Waals surface area (Å²) in [7, 11) is 0. The van der Waals surface area contributed by atoms with Gasteiger partial charge >= 0.3 is 0 Å². The minimum atomic E-state index is -0.863. The second-order valence-corrected chi connectivity index (χ2v) is 2.62. The van der Waals surface area contributed by atoms with E-state index in [2.05, 4.69) is 4.74 Å². The van der Waals surface area contributed by atoms with E-state index in [0.29, 0.717) is 0 Å². The molecule has 1 aromatic rings. The van der Waals surface area contributed by atoms with Crippen LogP contribution >= 0.6 is 11.6 Å². The molecule has 0 aliphatic carbocycles. The van der Waals surface area contributed by atoms with E-state index >= 15 is 0 Å². The fraction of sp³-hybridized carbons (Fsp3) is 0.125. The van der Waals surface area contributed by atoms with Crippen LogP contribution in [0.3, 0.4) is 0 Å². The highest BCUT2D eigenvalue weighted by Gasteiger charge is 2.10. The van der Waals surface area contributed by atoms with E-state index in [-0.39, 0.29) is 0 Å². The lowest BCUT2D eigenvalue weighted by Crippen LogP contribution is -2.06. The monoisotopic (exact) mass is 206 g/mol. The molecule has 0 saturated heterocycles. The average Bonchev–Trinajstić information content (AvgIpc) is 2.03. The standard InChI is InChI=1S/C8H5ClF2O2/c9-7(12)4-13-8-5(10)2-1-3-6(8)11/h1-3H,4H2. The summed E-state index contributed by atoms with van der Waals surface area (Å²) in [5, 5.41) is -0.817. The number of halogens is 3. The summed E-state index contributed by atoms with van der Waals surface area (Å²) < 4.78 is 30.1. The maximum absolute atomic E-state index is 12.8. The van der Waals surface area contributed by atoms with Crippen molar-refractivity contribution in [3.63, 3.8) is 0 Å². The molecular formula is C8H5ClF2O2. The number of para-hydroxylation sites is 1. The van der Waals surface area contributed by atoms with Gasteiger partial charge in [0.15, 0.2) is 24.0 Å². The predicted molar refractivity (Wildman–Crippen MR) is 42.7 cm³/mol. The van der Waals surface area contributed by atoms with Gasteiger partial charge in [0.2, 0.25) is 0 Å². The minimum absolute atomic E-state index is 0.556. The van der Waals surface area contributed by atoms with Gasteiger partial charge in [0, 0.05) is 0 Å². The van der Waals surface area contributed by atoms with Crippen LogP contribution in [0.1, 0.15) is 0 Å². The van der Waals surface area contributed by atoms with Gasteiger partial charge in [-0.1, -0.05) is 6.07 Å². The summed E-state index contributed by atoms with van der Waals surface area (Å²) in [6.45, 7) is -0.556. The van der Waals surface area contributed by atoms with Crippen LogP contribution < -0.4 is 4.74 Å². The molecule has 1 rings (SSSR count). The molecule has 13 heavy (non-hydrogen) atoms. The number of rotatable bonds is 3. The van der Waals surface area contributed by atoms with Crippen molar-refractivity contribution < 1.29 is 18.3 Å². The second-order valence-electron chi connectivity index (χ2n) is 2.19. The summed E-state index contributed by atoms with van der Waals surface area (Å²) in [6.07, 6.45) is 0. The Kier molecular flexibility index (Phi) is 3.19. The van der Waals surface area contributed by atoms with Crippen LogP contribution in [0.25, 0.3) is 0 Å². The molecule has 0 heterocycles. The molecule has 5 heteroatoms. The van der Waals surface area contributed by atoms with Crippen molar-refractivity contribution in [3.05, 3.63) is 29.8 Å². The highest BCUT2D eigenvalue weighted by Crippen LogP contribution is 2.20. The lowest BCUT2D eigenvalue weighted by atomic mass is 10.3. The first-order chi connectivity index (χ1) is 6.11. The summed E-state index contributed by atoms with van der Waals surface area (Å²) in [6, 6.07) is 3.24. The maximum Gasteiger partial charge on any atom is 0.259 e. The van der Waals surface area contributed by atoms with E-state index in [1.807, 2.05) is 0 Å². The van der Waals surface area contributed by atoms with E-state index in [1.165, 1.54) is 6.07 Å². The average molecular weight is 207 g/mol. The van der Waals surface area contributed by atoms with Gasteiger partial charge < -0.3 is 4.74 Å². The van der Waals surface area contributed by atoms with Gasteiger partial charge in [0.05, 0.1) is 0 Å². The topological polar surface area (TPSA) is 26.3 Å². The summed E-state index contributed by atoms with van der Waals surface area (Å²) >= 11 is 4.92. The van der Waals surface area contributed by atoms with Crippen molar-refractivity contribution in [3.8, 4) is 5.75 Å². The summed E-state index contributed by atoms with van der Waals surface area (Å²) in [4.78, 5) is 10.2. The Morgan fingerprint density at radius 1 is 1.38 bits per heavy atom.